The minimum Gasteiger partial charge on any atom is -0.397 e. The van der Waals surface area contributed by atoms with Gasteiger partial charge in [0, 0.05) is 24.3 Å². The molecular formula is C46H46N4. The molecule has 1 atom stereocenters. The lowest BCUT2D eigenvalue weighted by Crippen LogP contribution is -2.13. The number of hydrogen-bond donors (Lipinski definition) is 4. The molecule has 6 aromatic carbocycles. The fraction of sp³-hybridized carbons (Fsp3) is 0.130. The third-order valence-electron chi connectivity index (χ3n) is 9.27. The van der Waals surface area contributed by atoms with Gasteiger partial charge in [-0.1, -0.05) is 121 Å². The summed E-state index contributed by atoms with van der Waals surface area (Å²) in [5, 5.41) is 20.0. The van der Waals surface area contributed by atoms with Crippen LogP contribution in [0, 0.1) is 0 Å². The zero-order chi connectivity index (χ0) is 34.7. The molecule has 7 rings (SSSR count). The standard InChI is InChI=1S/C28H29N3.C18H17N/c1-30-27(18-17-21-10-3-2-4-11-21)26(29)16-9-19-31-28-20-22-12-5-6-13-23(22)24-14-7-8-15-25(24)28;1-3-18(19-2)17-12-13-8-4-5-9-14(13)15-10-6-7-11-16(15)17/h3,5-10,12-20,30-31H,2,4,11,29H2,1H3;3-12,18-19H,1H2,2H3/b19-9+,21-17-,26-16-,27-18-;. The second kappa shape index (κ2) is 16.5. The van der Waals surface area contributed by atoms with Crippen LogP contribution in [0.5, 0.6) is 0 Å². The number of likely N-dealkylation sites (N-methyl/N-ethyl adjacent to an activating group) is 2. The largest absolute Gasteiger partial charge is 0.397 e. The third kappa shape index (κ3) is 7.72. The van der Waals surface area contributed by atoms with Crippen LogP contribution in [0.1, 0.15) is 30.9 Å². The molecule has 4 heteroatoms. The zero-order valence-electron chi connectivity index (χ0n) is 29.0. The predicted octanol–water partition coefficient (Wildman–Crippen LogP) is 11.0. The van der Waals surface area contributed by atoms with E-state index in [2.05, 4.69) is 156 Å². The van der Waals surface area contributed by atoms with Crippen LogP contribution in [0.2, 0.25) is 0 Å². The van der Waals surface area contributed by atoms with Gasteiger partial charge >= 0.3 is 0 Å². The smallest absolute Gasteiger partial charge is 0.0571 e. The molecule has 6 aromatic rings. The van der Waals surface area contributed by atoms with Crippen molar-refractivity contribution in [3.63, 3.8) is 0 Å². The quantitative estimate of drug-likeness (QED) is 0.0712. The molecule has 0 amide bonds. The van der Waals surface area contributed by atoms with Gasteiger partial charge < -0.3 is 21.7 Å². The van der Waals surface area contributed by atoms with Crippen molar-refractivity contribution in [2.24, 2.45) is 5.73 Å². The number of benzene rings is 6. The number of nitrogens with two attached hydrogens (primary N) is 1. The molecule has 0 heterocycles. The molecular weight excluding hydrogens is 609 g/mol. The molecule has 0 saturated carbocycles. The zero-order valence-corrected chi connectivity index (χ0v) is 29.0. The molecule has 0 radical (unpaired) electrons. The van der Waals surface area contributed by atoms with Crippen molar-refractivity contribution in [2.45, 2.75) is 25.3 Å². The van der Waals surface area contributed by atoms with Gasteiger partial charge in [0.15, 0.2) is 0 Å². The lowest BCUT2D eigenvalue weighted by molar-refractivity contribution is 0.722. The van der Waals surface area contributed by atoms with Crippen LogP contribution in [0.15, 0.2) is 181 Å². The number of rotatable bonds is 9. The van der Waals surface area contributed by atoms with Crippen LogP contribution in [-0.4, -0.2) is 14.1 Å². The second-order valence-electron chi connectivity index (χ2n) is 12.4. The highest BCUT2D eigenvalue weighted by molar-refractivity contribution is 6.13. The molecule has 0 saturated heterocycles. The number of nitrogens with one attached hydrogen (secondary N) is 3. The molecule has 1 aliphatic rings. The summed E-state index contributed by atoms with van der Waals surface area (Å²) in [5.74, 6) is 0. The molecule has 0 bridgehead atoms. The van der Waals surface area contributed by atoms with Crippen molar-refractivity contribution in [1.29, 1.82) is 0 Å². The maximum absolute atomic E-state index is 6.29. The number of allylic oxidation sites excluding steroid dienone is 7. The highest BCUT2D eigenvalue weighted by Gasteiger charge is 2.11. The average molecular weight is 655 g/mol. The molecule has 1 aliphatic carbocycles. The Bertz CT molecular complexity index is 2290. The summed E-state index contributed by atoms with van der Waals surface area (Å²) in [7, 11) is 3.86. The molecule has 1 unspecified atom stereocenters. The fourth-order valence-electron chi connectivity index (χ4n) is 6.69. The Labute approximate surface area is 296 Å². The minimum absolute atomic E-state index is 0.175. The molecule has 0 fully saturated rings. The third-order valence-corrected chi connectivity index (χ3v) is 9.27. The normalized spacial score (nSPS) is 15.0. The summed E-state index contributed by atoms with van der Waals surface area (Å²) in [6.07, 6.45) is 19.9. The van der Waals surface area contributed by atoms with E-state index in [9.17, 15) is 0 Å². The van der Waals surface area contributed by atoms with Crippen LogP contribution < -0.4 is 21.7 Å². The predicted molar refractivity (Wildman–Crippen MR) is 218 cm³/mol. The van der Waals surface area contributed by atoms with Gasteiger partial charge in [0.2, 0.25) is 0 Å². The fourth-order valence-corrected chi connectivity index (χ4v) is 6.69. The topological polar surface area (TPSA) is 62.1 Å². The van der Waals surface area contributed by atoms with Crippen LogP contribution in [-0.2, 0) is 0 Å². The van der Waals surface area contributed by atoms with E-state index in [1.54, 1.807) is 0 Å². The first-order chi connectivity index (χ1) is 24.6. The summed E-state index contributed by atoms with van der Waals surface area (Å²) in [4.78, 5) is 0. The molecule has 250 valence electrons. The highest BCUT2D eigenvalue weighted by atomic mass is 14.9. The highest BCUT2D eigenvalue weighted by Crippen LogP contribution is 2.33. The van der Waals surface area contributed by atoms with E-state index in [1.165, 1.54) is 67.1 Å². The summed E-state index contributed by atoms with van der Waals surface area (Å²) in [6, 6.07) is 38.7. The Kier molecular flexibility index (Phi) is 11.2. The number of anilines is 1. The summed E-state index contributed by atoms with van der Waals surface area (Å²) in [6.45, 7) is 3.93. The van der Waals surface area contributed by atoms with Gasteiger partial charge in [-0.2, -0.15) is 0 Å². The molecule has 50 heavy (non-hydrogen) atoms. The lowest BCUT2D eigenvalue weighted by Gasteiger charge is -2.16. The minimum atomic E-state index is 0.175. The van der Waals surface area contributed by atoms with E-state index in [4.69, 9.17) is 5.73 Å². The Balaban J connectivity index is 0.000000194. The van der Waals surface area contributed by atoms with Gasteiger partial charge in [0.1, 0.15) is 0 Å². The van der Waals surface area contributed by atoms with Crippen molar-refractivity contribution in [3.05, 3.63) is 187 Å². The van der Waals surface area contributed by atoms with Gasteiger partial charge in [-0.05, 0) is 106 Å². The number of fused-ring (bicyclic) bond motifs is 6. The van der Waals surface area contributed by atoms with Crippen molar-refractivity contribution in [1.82, 2.24) is 10.6 Å². The Hall–Kier alpha value is -5.84. The molecule has 0 spiro atoms. The van der Waals surface area contributed by atoms with Crippen molar-refractivity contribution >= 4 is 48.8 Å². The first-order valence-corrected chi connectivity index (χ1v) is 17.4. The van der Waals surface area contributed by atoms with Crippen molar-refractivity contribution < 1.29 is 0 Å². The second-order valence-corrected chi connectivity index (χ2v) is 12.4. The van der Waals surface area contributed by atoms with Gasteiger partial charge in [0.25, 0.3) is 0 Å². The van der Waals surface area contributed by atoms with E-state index in [-0.39, 0.29) is 6.04 Å². The van der Waals surface area contributed by atoms with E-state index in [0.29, 0.717) is 5.70 Å². The maximum Gasteiger partial charge on any atom is 0.0571 e. The van der Waals surface area contributed by atoms with Crippen LogP contribution in [0.4, 0.5) is 5.69 Å². The molecule has 0 aromatic heterocycles. The Morgan fingerprint density at radius 2 is 1.34 bits per heavy atom. The molecule has 0 aliphatic heterocycles. The average Bonchev–Trinajstić information content (AvgIpc) is 3.18. The Morgan fingerprint density at radius 3 is 1.96 bits per heavy atom. The van der Waals surface area contributed by atoms with Crippen LogP contribution in [0.3, 0.4) is 0 Å². The lowest BCUT2D eigenvalue weighted by atomic mass is 9.93. The van der Waals surface area contributed by atoms with Crippen molar-refractivity contribution in [2.75, 3.05) is 19.4 Å². The SMILES string of the molecule is C=CC(NC)c1cc2ccccc2c2ccccc12.CNC(=C\C=C1\C=CCCC1)/C(N)=C/C=C/Nc1cc2ccccc2c2ccccc12. The van der Waals surface area contributed by atoms with Crippen LogP contribution >= 0.6 is 0 Å². The van der Waals surface area contributed by atoms with Gasteiger partial charge in [-0.3, -0.25) is 0 Å². The van der Waals surface area contributed by atoms with Gasteiger partial charge in [-0.25, -0.2) is 0 Å². The van der Waals surface area contributed by atoms with Gasteiger partial charge in [0.05, 0.1) is 17.4 Å². The van der Waals surface area contributed by atoms with E-state index < -0.39 is 0 Å². The van der Waals surface area contributed by atoms with E-state index in [1.807, 2.05) is 38.5 Å². The van der Waals surface area contributed by atoms with Gasteiger partial charge in [-0.15, -0.1) is 6.58 Å². The first kappa shape index (κ1) is 34.0. The van der Waals surface area contributed by atoms with E-state index in [0.717, 1.165) is 17.8 Å². The maximum atomic E-state index is 6.29. The Morgan fingerprint density at radius 1 is 0.740 bits per heavy atom. The molecule has 5 N–H and O–H groups in total. The summed E-state index contributed by atoms with van der Waals surface area (Å²) < 4.78 is 0. The van der Waals surface area contributed by atoms with Crippen molar-refractivity contribution in [3.8, 4) is 0 Å². The first-order valence-electron chi connectivity index (χ1n) is 17.4. The molecule has 4 nitrogen and oxygen atoms in total. The summed E-state index contributed by atoms with van der Waals surface area (Å²) >= 11 is 0. The monoisotopic (exact) mass is 654 g/mol. The van der Waals surface area contributed by atoms with E-state index >= 15 is 0 Å². The van der Waals surface area contributed by atoms with Crippen LogP contribution in [0.25, 0.3) is 43.1 Å². The summed E-state index contributed by atoms with van der Waals surface area (Å²) in [5.41, 5.74) is 11.6. The number of hydrogen-bond acceptors (Lipinski definition) is 4.